The highest BCUT2D eigenvalue weighted by molar-refractivity contribution is 8.17. The number of nitrogens with zero attached hydrogens (tertiary/aromatic N) is 3. The summed E-state index contributed by atoms with van der Waals surface area (Å²) in [7, 11) is 0. The van der Waals surface area contributed by atoms with Crippen molar-refractivity contribution >= 4 is 29.1 Å². The number of carbonyl (C=O) groups is 2. The van der Waals surface area contributed by atoms with E-state index >= 15 is 0 Å². The molecule has 1 aromatic heterocycles. The Labute approximate surface area is 146 Å². The van der Waals surface area contributed by atoms with Crippen molar-refractivity contribution in [1.29, 1.82) is 0 Å². The summed E-state index contributed by atoms with van der Waals surface area (Å²) in [6, 6.07) is 0. The Bertz CT molecular complexity index is 632. The average Bonchev–Trinajstić information content (AvgIpc) is 2.53. The number of carbonyl (C=O) groups excluding carboxylic acids is 2. The van der Waals surface area contributed by atoms with Gasteiger partial charge in [0.25, 0.3) is 0 Å². The molecule has 132 valence electrons. The van der Waals surface area contributed by atoms with E-state index in [-0.39, 0.29) is 24.2 Å². The molecule has 0 aromatic carbocycles. The monoisotopic (exact) mass is 352 g/mol. The summed E-state index contributed by atoms with van der Waals surface area (Å²) in [4.78, 5) is 33.8. The van der Waals surface area contributed by atoms with Crippen LogP contribution in [0.5, 0.6) is 0 Å². The molecule has 0 radical (unpaired) electrons. The lowest BCUT2D eigenvalue weighted by Gasteiger charge is -2.22. The molecule has 1 aromatic rings. The van der Waals surface area contributed by atoms with E-state index in [0.717, 1.165) is 11.8 Å². The first-order chi connectivity index (χ1) is 11.3. The predicted molar refractivity (Wildman–Crippen MR) is 94.6 cm³/mol. The summed E-state index contributed by atoms with van der Waals surface area (Å²) < 4.78 is 0. The molecule has 0 saturated carbocycles. The van der Waals surface area contributed by atoms with Gasteiger partial charge in [0.1, 0.15) is 11.6 Å². The second kappa shape index (κ2) is 9.39. The Hall–Kier alpha value is -1.93. The van der Waals surface area contributed by atoms with Crippen LogP contribution in [0.1, 0.15) is 38.6 Å². The van der Waals surface area contributed by atoms with Crippen LogP contribution < -0.4 is 5.73 Å². The minimum absolute atomic E-state index is 0.0122. The predicted octanol–water partition coefficient (Wildman–Crippen LogP) is 1.86. The smallest absolute Gasteiger partial charge is 0.214 e. The molecule has 0 fully saturated rings. The lowest BCUT2D eigenvalue weighted by molar-refractivity contribution is -0.117. The molecule has 0 saturated heterocycles. The number of hydrogen-bond acceptors (Lipinski definition) is 7. The van der Waals surface area contributed by atoms with Gasteiger partial charge in [0.2, 0.25) is 6.41 Å². The average molecular weight is 352 g/mol. The van der Waals surface area contributed by atoms with Crippen LogP contribution in [0, 0.1) is 12.8 Å². The lowest BCUT2D eigenvalue weighted by Crippen LogP contribution is -2.22. The van der Waals surface area contributed by atoms with E-state index in [1.165, 1.54) is 4.90 Å². The number of aliphatic hydroxyl groups is 1. The first-order valence-electron chi connectivity index (χ1n) is 7.62. The van der Waals surface area contributed by atoms with Crippen LogP contribution in [0.3, 0.4) is 0 Å². The summed E-state index contributed by atoms with van der Waals surface area (Å²) in [5.41, 5.74) is 7.10. The fourth-order valence-electron chi connectivity index (χ4n) is 1.86. The van der Waals surface area contributed by atoms with Gasteiger partial charge < -0.3 is 15.7 Å². The van der Waals surface area contributed by atoms with E-state index in [4.69, 9.17) is 5.73 Å². The molecule has 0 aliphatic rings. The maximum absolute atomic E-state index is 12.0. The van der Waals surface area contributed by atoms with Gasteiger partial charge in [-0.1, -0.05) is 25.6 Å². The Kier molecular flexibility index (Phi) is 7.87. The van der Waals surface area contributed by atoms with E-state index < -0.39 is 0 Å². The summed E-state index contributed by atoms with van der Waals surface area (Å²) >= 11 is 1.06. The van der Waals surface area contributed by atoms with Gasteiger partial charge >= 0.3 is 0 Å². The highest BCUT2D eigenvalue weighted by Crippen LogP contribution is 2.28. The normalized spacial score (nSPS) is 12.1. The Morgan fingerprint density at radius 3 is 2.67 bits per heavy atom. The van der Waals surface area contributed by atoms with Crippen molar-refractivity contribution < 1.29 is 14.7 Å². The molecule has 7 nitrogen and oxygen atoms in total. The number of aliphatic hydroxyl groups excluding tert-OH is 1. The second-order valence-corrected chi connectivity index (χ2v) is 6.72. The minimum atomic E-state index is -0.137. The highest BCUT2D eigenvalue weighted by Gasteiger charge is 2.17. The van der Waals surface area contributed by atoms with E-state index in [2.05, 4.69) is 9.97 Å². The number of rotatable bonds is 8. The van der Waals surface area contributed by atoms with Gasteiger partial charge in [0.15, 0.2) is 5.12 Å². The van der Waals surface area contributed by atoms with Crippen LogP contribution in [-0.4, -0.2) is 38.1 Å². The van der Waals surface area contributed by atoms with Gasteiger partial charge in [-0.05, 0) is 13.8 Å². The summed E-state index contributed by atoms with van der Waals surface area (Å²) in [6.07, 6.45) is 2.56. The van der Waals surface area contributed by atoms with Crippen molar-refractivity contribution in [2.45, 2.75) is 40.7 Å². The van der Waals surface area contributed by atoms with Crippen molar-refractivity contribution in [3.63, 3.8) is 0 Å². The molecule has 24 heavy (non-hydrogen) atoms. The Morgan fingerprint density at radius 2 is 2.17 bits per heavy atom. The lowest BCUT2D eigenvalue weighted by atomic mass is 10.2. The van der Waals surface area contributed by atoms with Gasteiger partial charge in [0.05, 0.1) is 6.54 Å². The van der Waals surface area contributed by atoms with Crippen molar-refractivity contribution in [2.75, 3.05) is 12.3 Å². The molecule has 0 unspecified atom stereocenters. The van der Waals surface area contributed by atoms with Crippen LogP contribution in [-0.2, 0) is 16.1 Å². The summed E-state index contributed by atoms with van der Waals surface area (Å²) in [6.45, 7) is 7.19. The number of aryl methyl sites for hydroxylation is 1. The van der Waals surface area contributed by atoms with Gasteiger partial charge in [0, 0.05) is 41.3 Å². The first kappa shape index (κ1) is 20.1. The largest absolute Gasteiger partial charge is 0.396 e. The van der Waals surface area contributed by atoms with Crippen molar-refractivity contribution in [3.8, 4) is 0 Å². The minimum Gasteiger partial charge on any atom is -0.396 e. The summed E-state index contributed by atoms with van der Waals surface area (Å²) in [5, 5.41) is 9.24. The molecule has 0 aliphatic carbocycles. The number of thioether (sulfide) groups is 1. The van der Waals surface area contributed by atoms with Crippen LogP contribution in [0.15, 0.2) is 16.8 Å². The molecule has 0 bridgehead atoms. The van der Waals surface area contributed by atoms with E-state index in [9.17, 15) is 14.7 Å². The van der Waals surface area contributed by atoms with Gasteiger partial charge in [-0.2, -0.15) is 0 Å². The number of anilines is 1. The maximum atomic E-state index is 12.0. The van der Waals surface area contributed by atoms with Gasteiger partial charge in [-0.25, -0.2) is 9.97 Å². The number of amides is 1. The highest BCUT2D eigenvalue weighted by atomic mass is 32.2. The molecular weight excluding hydrogens is 328 g/mol. The van der Waals surface area contributed by atoms with E-state index in [1.54, 1.807) is 20.0 Å². The van der Waals surface area contributed by atoms with Gasteiger partial charge in [-0.3, -0.25) is 9.59 Å². The third kappa shape index (κ3) is 5.61. The standard InChI is InChI=1S/C16H24N4O3S/c1-10(2)16(23)24-14(5-6-21)11(3)20(9-22)8-13-7-18-12(4)19-15(13)17/h7,9-10,21H,5-6,8H2,1-4H3,(H2,17,18,19). The fourth-order valence-corrected chi connectivity index (χ4v) is 2.80. The molecule has 8 heteroatoms. The molecule has 1 rings (SSSR count). The van der Waals surface area contributed by atoms with Crippen molar-refractivity contribution in [1.82, 2.24) is 14.9 Å². The molecule has 1 heterocycles. The first-order valence-corrected chi connectivity index (χ1v) is 8.44. The van der Waals surface area contributed by atoms with E-state index in [0.29, 0.717) is 40.6 Å². The number of allylic oxidation sites excluding steroid dienone is 1. The topological polar surface area (TPSA) is 109 Å². The quantitative estimate of drug-likeness (QED) is 0.687. The zero-order chi connectivity index (χ0) is 18.3. The number of hydrogen-bond donors (Lipinski definition) is 2. The Balaban J connectivity index is 3.08. The molecule has 0 spiro atoms. The zero-order valence-corrected chi connectivity index (χ0v) is 15.3. The van der Waals surface area contributed by atoms with Gasteiger partial charge in [-0.15, -0.1) is 0 Å². The zero-order valence-electron chi connectivity index (χ0n) is 14.4. The van der Waals surface area contributed by atoms with Crippen LogP contribution in [0.25, 0.3) is 0 Å². The fraction of sp³-hybridized carbons (Fsp3) is 0.500. The molecule has 3 N–H and O–H groups in total. The molecule has 0 atom stereocenters. The van der Waals surface area contributed by atoms with Crippen LogP contribution in [0.4, 0.5) is 5.82 Å². The number of aromatic nitrogens is 2. The number of nitrogen functional groups attached to an aromatic ring is 1. The van der Waals surface area contributed by atoms with Crippen molar-refractivity contribution in [3.05, 3.63) is 28.2 Å². The van der Waals surface area contributed by atoms with Crippen LogP contribution >= 0.6 is 11.8 Å². The molecular formula is C16H24N4O3S. The third-order valence-electron chi connectivity index (χ3n) is 3.35. The van der Waals surface area contributed by atoms with Crippen LogP contribution in [0.2, 0.25) is 0 Å². The molecule has 0 aliphatic heterocycles. The SMILES string of the molecule is CC(=C(CCO)SC(=O)C(C)C)N(C=O)Cc1cnc(C)nc1N. The van der Waals surface area contributed by atoms with E-state index in [1.807, 2.05) is 13.8 Å². The number of nitrogens with two attached hydrogens (primary N) is 1. The van der Waals surface area contributed by atoms with Crippen molar-refractivity contribution in [2.24, 2.45) is 5.92 Å². The summed E-state index contributed by atoms with van der Waals surface area (Å²) in [5.74, 6) is 0.735. The third-order valence-corrected chi connectivity index (χ3v) is 4.77. The molecule has 1 amide bonds. The Morgan fingerprint density at radius 1 is 1.50 bits per heavy atom. The second-order valence-electron chi connectivity index (χ2n) is 5.62. The maximum Gasteiger partial charge on any atom is 0.214 e.